The lowest BCUT2D eigenvalue weighted by Crippen LogP contribution is -2.34. The molecule has 1 N–H and O–H groups in total. The third-order valence-electron chi connectivity index (χ3n) is 3.46. The fourth-order valence-electron chi connectivity index (χ4n) is 2.36. The van der Waals surface area contributed by atoms with Crippen LogP contribution in [0, 0.1) is 5.92 Å². The minimum Gasteiger partial charge on any atom is -0.325 e. The summed E-state index contributed by atoms with van der Waals surface area (Å²) >= 11 is 0. The van der Waals surface area contributed by atoms with Gasteiger partial charge in [-0.3, -0.25) is 19.2 Å². The topological polar surface area (TPSA) is 83.6 Å². The summed E-state index contributed by atoms with van der Waals surface area (Å²) in [5.74, 6) is -5.30. The second kappa shape index (κ2) is 5.84. The van der Waals surface area contributed by atoms with Gasteiger partial charge in [0.2, 0.25) is 11.7 Å². The average Bonchev–Trinajstić information content (AvgIpc) is 2.79. The standard InChI is InChI=1S/C17H12N2O4/c20-14-13(15(21)18-11-7-3-1-4-8-11)16(22)19(17(14)23)12-9-5-2-6-10-12/h1-10,13H,(H,18,21). The van der Waals surface area contributed by atoms with Crippen LogP contribution in [-0.2, 0) is 19.2 Å². The van der Waals surface area contributed by atoms with Crippen molar-refractivity contribution >= 4 is 34.9 Å². The molecule has 23 heavy (non-hydrogen) atoms. The number of hydrogen-bond acceptors (Lipinski definition) is 4. The lowest BCUT2D eigenvalue weighted by Gasteiger charge is -2.13. The van der Waals surface area contributed by atoms with Crippen LogP contribution < -0.4 is 10.2 Å². The summed E-state index contributed by atoms with van der Waals surface area (Å²) in [6.45, 7) is 0. The van der Waals surface area contributed by atoms with Gasteiger partial charge in [-0.1, -0.05) is 36.4 Å². The maximum atomic E-state index is 12.4. The molecule has 0 aromatic heterocycles. The fourth-order valence-corrected chi connectivity index (χ4v) is 2.36. The molecule has 2 aromatic carbocycles. The first-order valence-electron chi connectivity index (χ1n) is 6.92. The van der Waals surface area contributed by atoms with Crippen LogP contribution in [-0.4, -0.2) is 23.5 Å². The lowest BCUT2D eigenvalue weighted by molar-refractivity contribution is -0.139. The highest BCUT2D eigenvalue weighted by molar-refractivity contribution is 6.59. The van der Waals surface area contributed by atoms with E-state index in [-0.39, 0.29) is 5.69 Å². The van der Waals surface area contributed by atoms with Crippen molar-refractivity contribution in [3.05, 3.63) is 60.7 Å². The molecule has 0 saturated carbocycles. The SMILES string of the molecule is O=C(Nc1ccccc1)C1C(=O)C(=O)N(c2ccccc2)C1=O. The van der Waals surface area contributed by atoms with E-state index in [0.29, 0.717) is 5.69 Å². The van der Waals surface area contributed by atoms with Gasteiger partial charge in [-0.2, -0.15) is 0 Å². The van der Waals surface area contributed by atoms with E-state index in [2.05, 4.69) is 5.32 Å². The molecule has 6 nitrogen and oxygen atoms in total. The Morgan fingerprint density at radius 3 is 2.04 bits per heavy atom. The van der Waals surface area contributed by atoms with E-state index >= 15 is 0 Å². The van der Waals surface area contributed by atoms with Crippen molar-refractivity contribution in [1.29, 1.82) is 0 Å². The van der Waals surface area contributed by atoms with Gasteiger partial charge in [0.1, 0.15) is 0 Å². The largest absolute Gasteiger partial charge is 0.325 e. The van der Waals surface area contributed by atoms with Gasteiger partial charge >= 0.3 is 5.91 Å². The van der Waals surface area contributed by atoms with Crippen molar-refractivity contribution in [2.45, 2.75) is 0 Å². The third-order valence-corrected chi connectivity index (χ3v) is 3.46. The Hall–Kier alpha value is -3.28. The van der Waals surface area contributed by atoms with Crippen molar-refractivity contribution in [2.75, 3.05) is 10.2 Å². The molecule has 0 radical (unpaired) electrons. The number of benzene rings is 2. The number of ketones is 1. The third kappa shape index (κ3) is 2.62. The molecule has 1 aliphatic rings. The number of nitrogens with zero attached hydrogens (tertiary/aromatic N) is 1. The highest BCUT2D eigenvalue weighted by Crippen LogP contribution is 2.25. The molecular formula is C17H12N2O4. The Labute approximate surface area is 131 Å². The maximum Gasteiger partial charge on any atom is 0.302 e. The zero-order valence-corrected chi connectivity index (χ0v) is 11.9. The molecular weight excluding hydrogens is 296 g/mol. The predicted molar refractivity (Wildman–Crippen MR) is 82.5 cm³/mol. The van der Waals surface area contributed by atoms with Crippen molar-refractivity contribution < 1.29 is 19.2 Å². The molecule has 1 heterocycles. The van der Waals surface area contributed by atoms with Crippen molar-refractivity contribution in [3.8, 4) is 0 Å². The van der Waals surface area contributed by atoms with Gasteiger partial charge in [0, 0.05) is 5.69 Å². The summed E-state index contributed by atoms with van der Waals surface area (Å²) in [5.41, 5.74) is 0.717. The molecule has 1 unspecified atom stereocenters. The van der Waals surface area contributed by atoms with E-state index in [4.69, 9.17) is 0 Å². The summed E-state index contributed by atoms with van der Waals surface area (Å²) in [6, 6.07) is 16.5. The Morgan fingerprint density at radius 1 is 0.870 bits per heavy atom. The average molecular weight is 308 g/mol. The minimum absolute atomic E-state index is 0.269. The summed E-state index contributed by atoms with van der Waals surface area (Å²) < 4.78 is 0. The van der Waals surface area contributed by atoms with Gasteiger partial charge in [0.15, 0.2) is 5.92 Å². The quantitative estimate of drug-likeness (QED) is 0.527. The van der Waals surface area contributed by atoms with Crippen LogP contribution in [0.4, 0.5) is 11.4 Å². The van der Waals surface area contributed by atoms with Crippen molar-refractivity contribution in [3.63, 3.8) is 0 Å². The van der Waals surface area contributed by atoms with Gasteiger partial charge in [-0.15, -0.1) is 0 Å². The van der Waals surface area contributed by atoms with Crippen LogP contribution in [0.15, 0.2) is 60.7 Å². The van der Waals surface area contributed by atoms with Crippen molar-refractivity contribution in [1.82, 2.24) is 0 Å². The molecule has 6 heteroatoms. The van der Waals surface area contributed by atoms with E-state index in [9.17, 15) is 19.2 Å². The number of carbonyl (C=O) groups excluding carboxylic acids is 4. The Kier molecular flexibility index (Phi) is 3.72. The molecule has 0 spiro atoms. The second-order valence-corrected chi connectivity index (χ2v) is 4.97. The van der Waals surface area contributed by atoms with Gasteiger partial charge in [0.05, 0.1) is 5.69 Å². The highest BCUT2D eigenvalue weighted by atomic mass is 16.2. The van der Waals surface area contributed by atoms with Crippen LogP contribution in [0.5, 0.6) is 0 Å². The summed E-state index contributed by atoms with van der Waals surface area (Å²) in [6.07, 6.45) is 0. The molecule has 114 valence electrons. The highest BCUT2D eigenvalue weighted by Gasteiger charge is 2.51. The van der Waals surface area contributed by atoms with E-state index < -0.39 is 29.4 Å². The minimum atomic E-state index is -1.65. The van der Waals surface area contributed by atoms with E-state index in [0.717, 1.165) is 4.90 Å². The zero-order chi connectivity index (χ0) is 16.4. The second-order valence-electron chi connectivity index (χ2n) is 4.97. The Bertz CT molecular complexity index is 787. The molecule has 3 amide bonds. The fraction of sp³-hybridized carbons (Fsp3) is 0.0588. The Morgan fingerprint density at radius 2 is 1.43 bits per heavy atom. The number of anilines is 2. The van der Waals surface area contributed by atoms with Gasteiger partial charge < -0.3 is 5.32 Å². The van der Waals surface area contributed by atoms with E-state index in [1.54, 1.807) is 48.5 Å². The molecule has 0 aliphatic carbocycles. The number of carbonyl (C=O) groups is 4. The molecule has 2 aromatic rings. The van der Waals surface area contributed by atoms with Crippen LogP contribution >= 0.6 is 0 Å². The normalized spacial score (nSPS) is 17.5. The smallest absolute Gasteiger partial charge is 0.302 e. The van der Waals surface area contributed by atoms with Crippen LogP contribution in [0.1, 0.15) is 0 Å². The molecule has 1 aliphatic heterocycles. The van der Waals surface area contributed by atoms with Crippen molar-refractivity contribution in [2.24, 2.45) is 5.92 Å². The molecule has 1 atom stereocenters. The molecule has 3 rings (SSSR count). The summed E-state index contributed by atoms with van der Waals surface area (Å²) in [5, 5.41) is 2.48. The van der Waals surface area contributed by atoms with Gasteiger partial charge in [-0.05, 0) is 24.3 Å². The Balaban J connectivity index is 1.86. The molecule has 1 saturated heterocycles. The molecule has 0 bridgehead atoms. The van der Waals surface area contributed by atoms with Gasteiger partial charge in [-0.25, -0.2) is 4.90 Å². The first-order chi connectivity index (χ1) is 11.1. The summed E-state index contributed by atoms with van der Waals surface area (Å²) in [7, 11) is 0. The number of nitrogens with one attached hydrogen (secondary N) is 1. The maximum absolute atomic E-state index is 12.4. The number of hydrogen-bond donors (Lipinski definition) is 1. The van der Waals surface area contributed by atoms with Gasteiger partial charge in [0.25, 0.3) is 5.91 Å². The molecule has 1 fully saturated rings. The monoisotopic (exact) mass is 308 g/mol. The van der Waals surface area contributed by atoms with Crippen LogP contribution in [0.3, 0.4) is 0 Å². The van der Waals surface area contributed by atoms with Crippen LogP contribution in [0.25, 0.3) is 0 Å². The zero-order valence-electron chi connectivity index (χ0n) is 11.9. The number of para-hydroxylation sites is 2. The number of imide groups is 1. The summed E-state index contributed by atoms with van der Waals surface area (Å²) in [4.78, 5) is 49.5. The lowest BCUT2D eigenvalue weighted by atomic mass is 10.1. The first kappa shape index (κ1) is 14.6. The van der Waals surface area contributed by atoms with Crippen LogP contribution in [0.2, 0.25) is 0 Å². The number of amides is 3. The predicted octanol–water partition coefficient (Wildman–Crippen LogP) is 1.38. The van der Waals surface area contributed by atoms with E-state index in [1.807, 2.05) is 0 Å². The first-order valence-corrected chi connectivity index (χ1v) is 6.92. The van der Waals surface area contributed by atoms with E-state index in [1.165, 1.54) is 12.1 Å². The number of rotatable bonds is 3. The number of Topliss-reactive ketones (excluding diaryl/α,β-unsaturated/α-hetero) is 1.